The summed E-state index contributed by atoms with van der Waals surface area (Å²) in [6.45, 7) is 1.11. The molecular formula is C14H17F4NS. The summed E-state index contributed by atoms with van der Waals surface area (Å²) in [4.78, 5) is 0. The molecule has 0 bridgehead atoms. The van der Waals surface area contributed by atoms with Gasteiger partial charge in [-0.2, -0.15) is 24.9 Å². The Bertz CT molecular complexity index is 441. The van der Waals surface area contributed by atoms with Crippen LogP contribution in [0.25, 0.3) is 0 Å². The van der Waals surface area contributed by atoms with E-state index in [0.717, 1.165) is 30.9 Å². The molecule has 0 amide bonds. The van der Waals surface area contributed by atoms with Gasteiger partial charge < -0.3 is 5.32 Å². The predicted octanol–water partition coefficient (Wildman–Crippen LogP) is 4.22. The Balaban J connectivity index is 1.89. The van der Waals surface area contributed by atoms with Gasteiger partial charge in [0.25, 0.3) is 0 Å². The fourth-order valence-electron chi connectivity index (χ4n) is 2.25. The second-order valence-electron chi connectivity index (χ2n) is 4.93. The lowest BCUT2D eigenvalue weighted by atomic mass is 10.1. The van der Waals surface area contributed by atoms with Crippen molar-refractivity contribution in [3.63, 3.8) is 0 Å². The molecule has 1 nitrogen and oxygen atoms in total. The number of rotatable bonds is 4. The molecule has 0 saturated carbocycles. The van der Waals surface area contributed by atoms with Gasteiger partial charge in [-0.25, -0.2) is 4.39 Å². The summed E-state index contributed by atoms with van der Waals surface area (Å²) in [5, 5.41) is 3.69. The molecule has 112 valence electrons. The van der Waals surface area contributed by atoms with Crippen LogP contribution in [0.5, 0.6) is 0 Å². The van der Waals surface area contributed by atoms with E-state index >= 15 is 0 Å². The van der Waals surface area contributed by atoms with Gasteiger partial charge in [-0.1, -0.05) is 12.5 Å². The van der Waals surface area contributed by atoms with Crippen LogP contribution in [0, 0.1) is 5.82 Å². The molecule has 6 heteroatoms. The molecule has 1 atom stereocenters. The minimum absolute atomic E-state index is 0.334. The summed E-state index contributed by atoms with van der Waals surface area (Å²) in [6, 6.07) is 3.16. The van der Waals surface area contributed by atoms with Crippen molar-refractivity contribution in [2.24, 2.45) is 0 Å². The van der Waals surface area contributed by atoms with Crippen LogP contribution >= 0.6 is 11.8 Å². The lowest BCUT2D eigenvalue weighted by Gasteiger charge is -2.21. The third kappa shape index (κ3) is 4.38. The van der Waals surface area contributed by atoms with Crippen molar-refractivity contribution in [3.8, 4) is 0 Å². The van der Waals surface area contributed by atoms with Crippen molar-refractivity contribution in [1.29, 1.82) is 0 Å². The van der Waals surface area contributed by atoms with E-state index in [1.807, 2.05) is 11.8 Å². The maximum Gasteiger partial charge on any atom is 0.419 e. The molecule has 1 aromatic rings. The van der Waals surface area contributed by atoms with Crippen molar-refractivity contribution in [2.75, 3.05) is 12.3 Å². The summed E-state index contributed by atoms with van der Waals surface area (Å²) in [6.07, 6.45) is -1.03. The SMILES string of the molecule is Fc1ccc(CNCC2CCCCS2)cc1C(F)(F)F. The van der Waals surface area contributed by atoms with Crippen LogP contribution in [0.2, 0.25) is 0 Å². The first-order valence-corrected chi connectivity index (χ1v) is 7.69. The van der Waals surface area contributed by atoms with E-state index in [-0.39, 0.29) is 0 Å². The van der Waals surface area contributed by atoms with Gasteiger partial charge in [0.15, 0.2) is 0 Å². The Morgan fingerprint density at radius 2 is 2.05 bits per heavy atom. The van der Waals surface area contributed by atoms with Crippen molar-refractivity contribution >= 4 is 11.8 Å². The number of benzene rings is 1. The van der Waals surface area contributed by atoms with E-state index in [1.54, 1.807) is 0 Å². The molecule has 1 aliphatic heterocycles. The fourth-order valence-corrected chi connectivity index (χ4v) is 3.52. The van der Waals surface area contributed by atoms with Gasteiger partial charge in [-0.3, -0.25) is 0 Å². The minimum atomic E-state index is -4.64. The third-order valence-corrected chi connectivity index (χ3v) is 4.71. The molecule has 1 aromatic carbocycles. The quantitative estimate of drug-likeness (QED) is 0.836. The summed E-state index contributed by atoms with van der Waals surface area (Å²) < 4.78 is 50.9. The van der Waals surface area contributed by atoms with Gasteiger partial charge >= 0.3 is 6.18 Å². The summed E-state index contributed by atoms with van der Waals surface area (Å²) in [5.74, 6) is -0.0646. The van der Waals surface area contributed by atoms with Crippen LogP contribution in [0.3, 0.4) is 0 Å². The largest absolute Gasteiger partial charge is 0.419 e. The predicted molar refractivity (Wildman–Crippen MR) is 73.2 cm³/mol. The Kier molecular flexibility index (Phi) is 5.32. The highest BCUT2D eigenvalue weighted by molar-refractivity contribution is 7.99. The smallest absolute Gasteiger partial charge is 0.312 e. The Morgan fingerprint density at radius 3 is 2.70 bits per heavy atom. The normalized spacial score (nSPS) is 20.1. The monoisotopic (exact) mass is 307 g/mol. The average Bonchev–Trinajstić information content (AvgIpc) is 2.40. The van der Waals surface area contributed by atoms with E-state index in [9.17, 15) is 17.6 Å². The topological polar surface area (TPSA) is 12.0 Å². The number of alkyl halides is 3. The molecule has 1 N–H and O–H groups in total. The van der Waals surface area contributed by atoms with Crippen molar-refractivity contribution in [3.05, 3.63) is 35.1 Å². The fraction of sp³-hybridized carbons (Fsp3) is 0.571. The van der Waals surface area contributed by atoms with Gasteiger partial charge in [-0.05, 0) is 36.3 Å². The molecule has 1 unspecified atom stereocenters. The second kappa shape index (κ2) is 6.80. The number of nitrogens with one attached hydrogen (secondary N) is 1. The first-order valence-electron chi connectivity index (χ1n) is 6.65. The van der Waals surface area contributed by atoms with E-state index in [1.165, 1.54) is 18.9 Å². The van der Waals surface area contributed by atoms with Gasteiger partial charge in [-0.15, -0.1) is 0 Å². The molecule has 0 radical (unpaired) electrons. The summed E-state index contributed by atoms with van der Waals surface area (Å²) in [7, 11) is 0. The van der Waals surface area contributed by atoms with Crippen molar-refractivity contribution in [2.45, 2.75) is 37.2 Å². The standard InChI is InChI=1S/C14H17F4NS/c15-13-5-4-10(7-12(13)14(16,17)18)8-19-9-11-3-1-2-6-20-11/h4-5,7,11,19H,1-3,6,8-9H2. The number of hydrogen-bond acceptors (Lipinski definition) is 2. The Hall–Kier alpha value is -0.750. The highest BCUT2D eigenvalue weighted by Gasteiger charge is 2.34. The van der Waals surface area contributed by atoms with E-state index in [2.05, 4.69) is 5.32 Å². The van der Waals surface area contributed by atoms with Gasteiger partial charge in [0.2, 0.25) is 0 Å². The van der Waals surface area contributed by atoms with Crippen LogP contribution in [0.4, 0.5) is 17.6 Å². The highest BCUT2D eigenvalue weighted by atomic mass is 32.2. The van der Waals surface area contributed by atoms with Crippen LogP contribution in [0.1, 0.15) is 30.4 Å². The molecule has 1 saturated heterocycles. The van der Waals surface area contributed by atoms with Crippen molar-refractivity contribution < 1.29 is 17.6 Å². The number of halogens is 4. The van der Waals surface area contributed by atoms with Gasteiger partial charge in [0, 0.05) is 18.3 Å². The third-order valence-electron chi connectivity index (χ3n) is 3.31. The summed E-state index contributed by atoms with van der Waals surface area (Å²) in [5.41, 5.74) is -0.733. The summed E-state index contributed by atoms with van der Waals surface area (Å²) >= 11 is 1.91. The van der Waals surface area contributed by atoms with E-state index < -0.39 is 17.6 Å². The Labute approximate surface area is 120 Å². The molecule has 1 fully saturated rings. The molecule has 0 aromatic heterocycles. The van der Waals surface area contributed by atoms with Crippen LogP contribution in [-0.2, 0) is 12.7 Å². The maximum absolute atomic E-state index is 13.1. The molecular weight excluding hydrogens is 290 g/mol. The molecule has 1 aliphatic rings. The average molecular weight is 307 g/mol. The Morgan fingerprint density at radius 1 is 1.25 bits per heavy atom. The van der Waals surface area contributed by atoms with E-state index in [4.69, 9.17) is 0 Å². The lowest BCUT2D eigenvalue weighted by Crippen LogP contribution is -2.26. The second-order valence-corrected chi connectivity index (χ2v) is 6.34. The minimum Gasteiger partial charge on any atom is -0.312 e. The molecule has 0 spiro atoms. The molecule has 20 heavy (non-hydrogen) atoms. The zero-order valence-corrected chi connectivity index (χ0v) is 11.8. The van der Waals surface area contributed by atoms with Gasteiger partial charge in [0.05, 0.1) is 5.56 Å². The zero-order chi connectivity index (χ0) is 14.6. The van der Waals surface area contributed by atoms with Crippen LogP contribution in [-0.4, -0.2) is 17.5 Å². The molecule has 2 rings (SSSR count). The first-order chi connectivity index (χ1) is 9.47. The molecule has 0 aliphatic carbocycles. The van der Waals surface area contributed by atoms with E-state index in [0.29, 0.717) is 17.4 Å². The lowest BCUT2D eigenvalue weighted by molar-refractivity contribution is -0.140. The first kappa shape index (κ1) is 15.6. The van der Waals surface area contributed by atoms with Crippen LogP contribution < -0.4 is 5.32 Å². The zero-order valence-electron chi connectivity index (χ0n) is 11.0. The number of hydrogen-bond donors (Lipinski definition) is 1. The highest BCUT2D eigenvalue weighted by Crippen LogP contribution is 2.32. The molecule has 1 heterocycles. The number of thioether (sulfide) groups is 1. The van der Waals surface area contributed by atoms with Crippen molar-refractivity contribution in [1.82, 2.24) is 5.32 Å². The maximum atomic E-state index is 13.1. The van der Waals surface area contributed by atoms with Gasteiger partial charge in [0.1, 0.15) is 5.82 Å². The van der Waals surface area contributed by atoms with Crippen LogP contribution in [0.15, 0.2) is 18.2 Å².